The Morgan fingerprint density at radius 3 is 1.86 bits per heavy atom. The molecule has 3 N–H and O–H groups in total. The summed E-state index contributed by atoms with van der Waals surface area (Å²) in [5, 5.41) is 7.86. The summed E-state index contributed by atoms with van der Waals surface area (Å²) in [4.78, 5) is 0. The van der Waals surface area contributed by atoms with E-state index in [9.17, 15) is 0 Å². The largest absolute Gasteiger partial charge is 0.384 e. The van der Waals surface area contributed by atoms with Gasteiger partial charge in [-0.3, -0.25) is 5.41 Å². The van der Waals surface area contributed by atoms with Gasteiger partial charge in [0.05, 0.1) is 0 Å². The van der Waals surface area contributed by atoms with Gasteiger partial charge in [-0.25, -0.2) is 0 Å². The highest BCUT2D eigenvalue weighted by Crippen LogP contribution is 2.37. The van der Waals surface area contributed by atoms with Crippen molar-refractivity contribution in [1.82, 2.24) is 0 Å². The third-order valence-corrected chi connectivity index (χ3v) is 3.86. The zero-order valence-corrected chi connectivity index (χ0v) is 13.3. The van der Waals surface area contributed by atoms with Crippen LogP contribution in [0.1, 0.15) is 56.2 Å². The molecule has 0 spiro atoms. The molecule has 0 unspecified atom stereocenters. The van der Waals surface area contributed by atoms with Gasteiger partial charge in [-0.15, -0.1) is 0 Å². The van der Waals surface area contributed by atoms with Crippen LogP contribution in [0.5, 0.6) is 0 Å². The van der Waals surface area contributed by atoms with E-state index in [-0.39, 0.29) is 5.84 Å². The summed E-state index contributed by atoms with van der Waals surface area (Å²) in [7, 11) is 0. The first-order valence-corrected chi connectivity index (χ1v) is 7.50. The first kappa shape index (κ1) is 15.3. The van der Waals surface area contributed by atoms with Gasteiger partial charge in [-0.1, -0.05) is 70.2 Å². The van der Waals surface area contributed by atoms with E-state index < -0.39 is 0 Å². The Kier molecular flexibility index (Phi) is 4.46. The average Bonchev–Trinajstić information content (AvgIpc) is 2.46. The van der Waals surface area contributed by atoms with Crippen molar-refractivity contribution in [2.24, 2.45) is 5.73 Å². The number of rotatable bonds is 4. The fourth-order valence-electron chi connectivity index (χ4n) is 2.80. The molecule has 0 aliphatic rings. The van der Waals surface area contributed by atoms with Gasteiger partial charge in [0.15, 0.2) is 0 Å². The minimum absolute atomic E-state index is 0.124. The fraction of sp³-hybridized carbons (Fsp3) is 0.316. The summed E-state index contributed by atoms with van der Waals surface area (Å²) in [6.45, 7) is 8.83. The molecule has 0 heterocycles. The van der Waals surface area contributed by atoms with E-state index in [1.54, 1.807) is 0 Å². The van der Waals surface area contributed by atoms with Crippen molar-refractivity contribution in [3.05, 3.63) is 59.2 Å². The summed E-state index contributed by atoms with van der Waals surface area (Å²) in [6.07, 6.45) is 0. The maximum absolute atomic E-state index is 7.86. The molecule has 0 saturated heterocycles. The van der Waals surface area contributed by atoms with Crippen molar-refractivity contribution in [1.29, 1.82) is 5.41 Å². The first-order chi connectivity index (χ1) is 9.93. The molecule has 0 aliphatic heterocycles. The molecule has 0 aromatic heterocycles. The van der Waals surface area contributed by atoms with Crippen molar-refractivity contribution in [3.8, 4) is 11.1 Å². The van der Waals surface area contributed by atoms with E-state index in [1.807, 2.05) is 18.2 Å². The molecule has 0 fully saturated rings. The highest BCUT2D eigenvalue weighted by Gasteiger charge is 2.18. The monoisotopic (exact) mass is 280 g/mol. The summed E-state index contributed by atoms with van der Waals surface area (Å²) >= 11 is 0. The molecule has 2 heteroatoms. The molecule has 0 radical (unpaired) electrons. The van der Waals surface area contributed by atoms with E-state index in [4.69, 9.17) is 11.1 Å². The van der Waals surface area contributed by atoms with Gasteiger partial charge in [-0.05, 0) is 34.1 Å². The molecule has 2 aromatic rings. The van der Waals surface area contributed by atoms with E-state index in [2.05, 4.69) is 52.0 Å². The minimum Gasteiger partial charge on any atom is -0.384 e. The van der Waals surface area contributed by atoms with Crippen molar-refractivity contribution in [2.75, 3.05) is 0 Å². The van der Waals surface area contributed by atoms with Crippen molar-refractivity contribution >= 4 is 5.84 Å². The van der Waals surface area contributed by atoms with E-state index >= 15 is 0 Å². The Morgan fingerprint density at radius 1 is 0.857 bits per heavy atom. The normalized spacial score (nSPS) is 11.1. The number of nitrogens with two attached hydrogens (primary N) is 1. The Bertz CT molecular complexity index is 628. The standard InChI is InChI=1S/C19H24N2/c1-12(2)14-10-7-11-15(13(3)4)18(14)16-8-5-6-9-17(16)19(20)21/h5-13H,1-4H3,(H3,20,21). The molecule has 21 heavy (non-hydrogen) atoms. The van der Waals surface area contributed by atoms with Crippen LogP contribution in [0.4, 0.5) is 0 Å². The van der Waals surface area contributed by atoms with E-state index in [0.29, 0.717) is 11.8 Å². The molecule has 110 valence electrons. The number of hydrogen-bond acceptors (Lipinski definition) is 1. The van der Waals surface area contributed by atoms with Crippen LogP contribution < -0.4 is 5.73 Å². The smallest absolute Gasteiger partial charge is 0.123 e. The summed E-state index contributed by atoms with van der Waals surface area (Å²) < 4.78 is 0. The molecule has 0 atom stereocenters. The Labute approximate surface area is 127 Å². The van der Waals surface area contributed by atoms with Gasteiger partial charge < -0.3 is 5.73 Å². The predicted molar refractivity (Wildman–Crippen MR) is 91.1 cm³/mol. The second-order valence-electron chi connectivity index (χ2n) is 6.08. The highest BCUT2D eigenvalue weighted by molar-refractivity contribution is 6.02. The Hall–Kier alpha value is -2.09. The predicted octanol–water partition coefficient (Wildman–Crippen LogP) is 4.88. The lowest BCUT2D eigenvalue weighted by Gasteiger charge is -2.21. The fourth-order valence-corrected chi connectivity index (χ4v) is 2.80. The lowest BCUT2D eigenvalue weighted by molar-refractivity contribution is 0.838. The van der Waals surface area contributed by atoms with Gasteiger partial charge >= 0.3 is 0 Å². The van der Waals surface area contributed by atoms with Crippen LogP contribution in [0.2, 0.25) is 0 Å². The van der Waals surface area contributed by atoms with E-state index in [1.165, 1.54) is 16.7 Å². The lowest BCUT2D eigenvalue weighted by Crippen LogP contribution is -2.13. The third kappa shape index (κ3) is 2.99. The van der Waals surface area contributed by atoms with Gasteiger partial charge in [0.1, 0.15) is 5.84 Å². The van der Waals surface area contributed by atoms with Gasteiger partial charge in [0.2, 0.25) is 0 Å². The molecule has 0 aliphatic carbocycles. The van der Waals surface area contributed by atoms with E-state index in [0.717, 1.165) is 11.1 Å². The quantitative estimate of drug-likeness (QED) is 0.608. The minimum atomic E-state index is 0.124. The molecule has 0 bridgehead atoms. The summed E-state index contributed by atoms with van der Waals surface area (Å²) in [6, 6.07) is 14.5. The number of hydrogen-bond donors (Lipinski definition) is 2. The van der Waals surface area contributed by atoms with Crippen LogP contribution in [0.15, 0.2) is 42.5 Å². The number of benzene rings is 2. The average molecular weight is 280 g/mol. The second kappa shape index (κ2) is 6.13. The molecule has 0 saturated carbocycles. The first-order valence-electron chi connectivity index (χ1n) is 7.50. The Morgan fingerprint density at radius 2 is 1.38 bits per heavy atom. The molecular formula is C19H24N2. The van der Waals surface area contributed by atoms with Crippen LogP contribution >= 0.6 is 0 Å². The zero-order valence-electron chi connectivity index (χ0n) is 13.3. The van der Waals surface area contributed by atoms with Crippen LogP contribution in [-0.2, 0) is 0 Å². The van der Waals surface area contributed by atoms with Crippen LogP contribution in [0, 0.1) is 5.41 Å². The number of amidine groups is 1. The molecule has 0 amide bonds. The highest BCUT2D eigenvalue weighted by atomic mass is 14.7. The van der Waals surface area contributed by atoms with Gasteiger partial charge in [-0.2, -0.15) is 0 Å². The Balaban J connectivity index is 2.82. The van der Waals surface area contributed by atoms with Crippen molar-refractivity contribution in [3.63, 3.8) is 0 Å². The maximum Gasteiger partial charge on any atom is 0.123 e. The summed E-state index contributed by atoms with van der Waals surface area (Å²) in [5.74, 6) is 0.983. The molecule has 2 rings (SSSR count). The molecular weight excluding hydrogens is 256 g/mol. The van der Waals surface area contributed by atoms with Crippen LogP contribution in [-0.4, -0.2) is 5.84 Å². The lowest BCUT2D eigenvalue weighted by atomic mass is 9.83. The molecule has 2 nitrogen and oxygen atoms in total. The number of nitrogen functional groups attached to an aromatic ring is 1. The van der Waals surface area contributed by atoms with Crippen molar-refractivity contribution < 1.29 is 0 Å². The van der Waals surface area contributed by atoms with Crippen LogP contribution in [0.3, 0.4) is 0 Å². The van der Waals surface area contributed by atoms with Gasteiger partial charge in [0.25, 0.3) is 0 Å². The molecule has 2 aromatic carbocycles. The maximum atomic E-state index is 7.86. The zero-order chi connectivity index (χ0) is 15.6. The van der Waals surface area contributed by atoms with Gasteiger partial charge in [0, 0.05) is 5.56 Å². The van der Waals surface area contributed by atoms with Crippen LogP contribution in [0.25, 0.3) is 11.1 Å². The number of nitrogens with one attached hydrogen (secondary N) is 1. The summed E-state index contributed by atoms with van der Waals surface area (Å²) in [5.41, 5.74) is 11.5. The topological polar surface area (TPSA) is 49.9 Å². The van der Waals surface area contributed by atoms with Crippen molar-refractivity contribution in [2.45, 2.75) is 39.5 Å². The third-order valence-electron chi connectivity index (χ3n) is 3.86. The SMILES string of the molecule is CC(C)c1cccc(C(C)C)c1-c1ccccc1C(=N)N. The second-order valence-corrected chi connectivity index (χ2v) is 6.08.